The zero-order valence-corrected chi connectivity index (χ0v) is 14.4. The van der Waals surface area contributed by atoms with Gasteiger partial charge in [-0.3, -0.25) is 4.79 Å². The minimum Gasteiger partial charge on any atom is -0.289 e. The van der Waals surface area contributed by atoms with Gasteiger partial charge in [-0.1, -0.05) is 11.6 Å². The monoisotopic (exact) mass is 406 g/mol. The van der Waals surface area contributed by atoms with Crippen LogP contribution in [0.1, 0.15) is 27.0 Å². The van der Waals surface area contributed by atoms with E-state index in [-0.39, 0.29) is 5.78 Å². The van der Waals surface area contributed by atoms with E-state index in [0.29, 0.717) is 16.1 Å². The van der Waals surface area contributed by atoms with E-state index in [2.05, 4.69) is 31.9 Å². The third-order valence-electron chi connectivity index (χ3n) is 2.65. The molecule has 1 heterocycles. The van der Waals surface area contributed by atoms with E-state index in [4.69, 9.17) is 11.6 Å². The predicted octanol–water partition coefficient (Wildman–Crippen LogP) is 5.77. The second kappa shape index (κ2) is 5.45. The maximum absolute atomic E-state index is 12.5. The molecule has 0 aliphatic rings. The molecule has 0 radical (unpaired) electrons. The summed E-state index contributed by atoms with van der Waals surface area (Å²) in [7, 11) is 0. The van der Waals surface area contributed by atoms with Crippen LogP contribution >= 0.6 is 54.8 Å². The summed E-state index contributed by atoms with van der Waals surface area (Å²) >= 11 is 14.3. The van der Waals surface area contributed by atoms with Crippen LogP contribution < -0.4 is 0 Å². The first-order valence-electron chi connectivity index (χ1n) is 5.16. The predicted molar refractivity (Wildman–Crippen MR) is 84.1 cm³/mol. The minimum absolute atomic E-state index is 0.0149. The quantitative estimate of drug-likeness (QED) is 0.576. The van der Waals surface area contributed by atoms with E-state index in [1.165, 1.54) is 11.3 Å². The van der Waals surface area contributed by atoms with Gasteiger partial charge in [0.1, 0.15) is 0 Å². The lowest BCUT2D eigenvalue weighted by molar-refractivity contribution is 0.103. The summed E-state index contributed by atoms with van der Waals surface area (Å²) in [6, 6.07) is 5.51. The Hall–Kier alpha value is -0.160. The topological polar surface area (TPSA) is 17.1 Å². The van der Waals surface area contributed by atoms with Crippen LogP contribution in [0.15, 0.2) is 25.8 Å². The zero-order chi connectivity index (χ0) is 13.4. The minimum atomic E-state index is 0.0149. The molecule has 0 unspecified atom stereocenters. The summed E-state index contributed by atoms with van der Waals surface area (Å²) in [6.45, 7) is 3.80. The molecule has 0 bridgehead atoms. The van der Waals surface area contributed by atoms with Gasteiger partial charge in [0.25, 0.3) is 0 Å². The highest BCUT2D eigenvalue weighted by molar-refractivity contribution is 9.12. The average Bonchev–Trinajstić information content (AvgIpc) is 2.62. The van der Waals surface area contributed by atoms with E-state index in [1.807, 2.05) is 32.0 Å². The van der Waals surface area contributed by atoms with Crippen molar-refractivity contribution in [3.8, 4) is 0 Å². The van der Waals surface area contributed by atoms with Gasteiger partial charge in [-0.05, 0) is 75.0 Å². The normalized spacial score (nSPS) is 10.7. The molecule has 0 atom stereocenters. The van der Waals surface area contributed by atoms with Crippen molar-refractivity contribution >= 4 is 60.6 Å². The van der Waals surface area contributed by atoms with Gasteiger partial charge < -0.3 is 0 Å². The Balaban J connectivity index is 2.53. The van der Waals surface area contributed by atoms with Crippen LogP contribution in [0.3, 0.4) is 0 Å². The van der Waals surface area contributed by atoms with Crippen molar-refractivity contribution in [3.05, 3.63) is 53.0 Å². The number of rotatable bonds is 2. The lowest BCUT2D eigenvalue weighted by Gasteiger charge is -2.07. The highest BCUT2D eigenvalue weighted by atomic mass is 79.9. The lowest BCUT2D eigenvalue weighted by Crippen LogP contribution is -2.03. The van der Waals surface area contributed by atoms with Crippen LogP contribution in [0.25, 0.3) is 0 Å². The van der Waals surface area contributed by atoms with Crippen LogP contribution in [-0.4, -0.2) is 5.78 Å². The second-order valence-corrected chi connectivity index (χ2v) is 8.14. The zero-order valence-electron chi connectivity index (χ0n) is 9.68. The number of hydrogen-bond donors (Lipinski definition) is 0. The first-order valence-corrected chi connectivity index (χ1v) is 7.94. The first kappa shape index (κ1) is 14.3. The Labute approximate surface area is 131 Å². The van der Waals surface area contributed by atoms with Gasteiger partial charge in [0.2, 0.25) is 0 Å². The molecule has 94 valence electrons. The molecule has 0 saturated heterocycles. The molecule has 1 aromatic carbocycles. The number of carbonyl (C=O) groups is 1. The van der Waals surface area contributed by atoms with Gasteiger partial charge in [-0.15, -0.1) is 11.3 Å². The van der Waals surface area contributed by atoms with Gasteiger partial charge in [0.05, 0.1) is 7.57 Å². The van der Waals surface area contributed by atoms with Gasteiger partial charge in [0.15, 0.2) is 5.78 Å². The van der Waals surface area contributed by atoms with Crippen molar-refractivity contribution in [1.29, 1.82) is 0 Å². The van der Waals surface area contributed by atoms with Crippen LogP contribution in [0.4, 0.5) is 0 Å². The van der Waals surface area contributed by atoms with E-state index in [9.17, 15) is 4.79 Å². The fourth-order valence-corrected chi connectivity index (χ4v) is 4.68. The van der Waals surface area contributed by atoms with Gasteiger partial charge in [0, 0.05) is 16.1 Å². The fraction of sp³-hybridized carbons (Fsp3) is 0.154. The summed E-state index contributed by atoms with van der Waals surface area (Å²) in [5, 5.41) is 0.689. The van der Waals surface area contributed by atoms with Crippen molar-refractivity contribution in [2.75, 3.05) is 0 Å². The van der Waals surface area contributed by atoms with Crippen molar-refractivity contribution in [2.45, 2.75) is 13.8 Å². The maximum Gasteiger partial charge on any atom is 0.195 e. The Morgan fingerprint density at radius 3 is 2.33 bits per heavy atom. The number of benzene rings is 1. The molecule has 0 fully saturated rings. The SMILES string of the molecule is Cc1cc(C(=O)c2cc(Br)sc2Br)c(C)cc1Cl. The molecule has 0 aliphatic carbocycles. The molecule has 0 aliphatic heterocycles. The van der Waals surface area contributed by atoms with Gasteiger partial charge in [-0.25, -0.2) is 0 Å². The van der Waals surface area contributed by atoms with Crippen molar-refractivity contribution < 1.29 is 4.79 Å². The van der Waals surface area contributed by atoms with E-state index < -0.39 is 0 Å². The summed E-state index contributed by atoms with van der Waals surface area (Å²) in [5.41, 5.74) is 3.18. The third-order valence-corrected chi connectivity index (χ3v) is 5.40. The van der Waals surface area contributed by atoms with E-state index in [0.717, 1.165) is 18.7 Å². The highest BCUT2D eigenvalue weighted by Gasteiger charge is 2.18. The second-order valence-electron chi connectivity index (χ2n) is 3.98. The largest absolute Gasteiger partial charge is 0.289 e. The lowest BCUT2D eigenvalue weighted by atomic mass is 9.99. The molecule has 2 rings (SSSR count). The third kappa shape index (κ3) is 2.72. The summed E-state index contributed by atoms with van der Waals surface area (Å²) in [6.07, 6.45) is 0. The number of aryl methyl sites for hydroxylation is 2. The first-order chi connectivity index (χ1) is 8.40. The molecule has 1 aromatic heterocycles. The molecule has 2 aromatic rings. The van der Waals surface area contributed by atoms with Crippen LogP contribution in [0.2, 0.25) is 5.02 Å². The summed E-state index contributed by atoms with van der Waals surface area (Å²) in [5.74, 6) is 0.0149. The summed E-state index contributed by atoms with van der Waals surface area (Å²) < 4.78 is 1.77. The van der Waals surface area contributed by atoms with Crippen LogP contribution in [0.5, 0.6) is 0 Å². The van der Waals surface area contributed by atoms with Crippen LogP contribution in [-0.2, 0) is 0 Å². The number of carbonyl (C=O) groups excluding carboxylic acids is 1. The molecule has 0 N–H and O–H groups in total. The Kier molecular flexibility index (Phi) is 4.32. The summed E-state index contributed by atoms with van der Waals surface area (Å²) in [4.78, 5) is 12.5. The number of hydrogen-bond acceptors (Lipinski definition) is 2. The number of halogens is 3. The standard InChI is InChI=1S/C13H9Br2ClOS/c1-6-4-10(16)7(2)3-8(6)12(17)9-5-11(14)18-13(9)15/h3-5H,1-2H3. The molecule has 18 heavy (non-hydrogen) atoms. The van der Waals surface area contributed by atoms with Crippen LogP contribution in [0, 0.1) is 13.8 Å². The average molecular weight is 409 g/mol. The number of thiophene rings is 1. The molecular weight excluding hydrogens is 399 g/mol. The highest BCUT2D eigenvalue weighted by Crippen LogP contribution is 2.34. The van der Waals surface area contributed by atoms with Gasteiger partial charge in [-0.2, -0.15) is 0 Å². The van der Waals surface area contributed by atoms with Crippen molar-refractivity contribution in [3.63, 3.8) is 0 Å². The smallest absolute Gasteiger partial charge is 0.195 e. The Bertz CT molecular complexity index is 634. The van der Waals surface area contributed by atoms with E-state index in [1.54, 1.807) is 0 Å². The number of ketones is 1. The van der Waals surface area contributed by atoms with E-state index >= 15 is 0 Å². The van der Waals surface area contributed by atoms with Gasteiger partial charge >= 0.3 is 0 Å². The Morgan fingerprint density at radius 2 is 1.78 bits per heavy atom. The fourth-order valence-electron chi connectivity index (χ4n) is 1.67. The maximum atomic E-state index is 12.5. The molecule has 0 amide bonds. The van der Waals surface area contributed by atoms with Crippen molar-refractivity contribution in [1.82, 2.24) is 0 Å². The Morgan fingerprint density at radius 1 is 1.11 bits per heavy atom. The molecular formula is C13H9Br2ClOS. The molecule has 1 nitrogen and oxygen atoms in total. The molecule has 0 spiro atoms. The van der Waals surface area contributed by atoms with Crippen molar-refractivity contribution in [2.24, 2.45) is 0 Å². The molecule has 5 heteroatoms. The molecule has 0 saturated carbocycles.